The van der Waals surface area contributed by atoms with Gasteiger partial charge in [0.15, 0.2) is 0 Å². The van der Waals surface area contributed by atoms with Crippen LogP contribution in [-0.4, -0.2) is 0 Å². The molecule has 0 nitrogen and oxygen atoms in total. The summed E-state index contributed by atoms with van der Waals surface area (Å²) >= 11 is 0. The molecular weight excluding hydrogens is 243 g/mol. The van der Waals surface area contributed by atoms with Crippen molar-refractivity contribution >= 4 is 13.5 Å². The van der Waals surface area contributed by atoms with Gasteiger partial charge >= 0.3 is 0 Å². The second kappa shape index (κ2) is 14.6. The van der Waals surface area contributed by atoms with Crippen LogP contribution in [0.5, 0.6) is 0 Å². The summed E-state index contributed by atoms with van der Waals surface area (Å²) in [6.07, 6.45) is 12.5. The number of halogens is 1. The van der Waals surface area contributed by atoms with Crippen LogP contribution in [0.3, 0.4) is 0 Å². The van der Waals surface area contributed by atoms with Gasteiger partial charge in [-0.05, 0) is 18.4 Å². The molecule has 0 unspecified atom stereocenters. The molecular formula is C16H29FS. The molecule has 0 aliphatic rings. The summed E-state index contributed by atoms with van der Waals surface area (Å²) < 4.78 is 0. The highest BCUT2D eigenvalue weighted by atomic mass is 32.1. The van der Waals surface area contributed by atoms with Crippen molar-refractivity contribution in [2.24, 2.45) is 0 Å². The monoisotopic (exact) mass is 272 g/mol. The molecule has 0 N–H and O–H groups in total. The molecule has 0 atom stereocenters. The van der Waals surface area contributed by atoms with Crippen LogP contribution in [0.15, 0.2) is 30.3 Å². The van der Waals surface area contributed by atoms with Crippen LogP contribution in [0, 0.1) is 0 Å². The average molecular weight is 272 g/mol. The Morgan fingerprint density at radius 1 is 0.722 bits per heavy atom. The first kappa shape index (κ1) is 19.8. The summed E-state index contributed by atoms with van der Waals surface area (Å²) in [5.74, 6) is 0. The molecule has 0 radical (unpaired) electrons. The van der Waals surface area contributed by atoms with Crippen molar-refractivity contribution in [2.45, 2.75) is 64.7 Å². The van der Waals surface area contributed by atoms with Gasteiger partial charge in [-0.3, -0.25) is 0 Å². The second-order valence-electron chi connectivity index (χ2n) is 4.71. The van der Waals surface area contributed by atoms with Gasteiger partial charge in [-0.15, -0.1) is 0 Å². The van der Waals surface area contributed by atoms with E-state index in [1.807, 2.05) is 0 Å². The Balaban J connectivity index is 0. The smallest absolute Gasteiger partial charge is 0.0279 e. The quantitative estimate of drug-likeness (QED) is 0.473. The maximum atomic E-state index is 2.28. The Morgan fingerprint density at radius 3 is 1.78 bits per heavy atom. The lowest BCUT2D eigenvalue weighted by Crippen LogP contribution is -3.00. The predicted octanol–water partition coefficient (Wildman–Crippen LogP) is 1.57. The number of hydrogen-bond acceptors (Lipinski definition) is 0. The number of unbranched alkanes of at least 4 members (excludes halogenated alkanes) is 7. The van der Waals surface area contributed by atoms with E-state index in [0.717, 1.165) is 0 Å². The predicted molar refractivity (Wildman–Crippen MR) is 84.3 cm³/mol. The highest BCUT2D eigenvalue weighted by molar-refractivity contribution is 7.37. The van der Waals surface area contributed by atoms with Gasteiger partial charge in [0.1, 0.15) is 0 Å². The van der Waals surface area contributed by atoms with E-state index in [4.69, 9.17) is 0 Å². The molecule has 0 spiro atoms. The lowest BCUT2D eigenvalue weighted by molar-refractivity contribution is -0.00000361. The third-order valence-corrected chi connectivity index (χ3v) is 3.16. The summed E-state index contributed by atoms with van der Waals surface area (Å²) in [6.45, 7) is 2.28. The van der Waals surface area contributed by atoms with E-state index < -0.39 is 0 Å². The summed E-state index contributed by atoms with van der Waals surface area (Å²) in [4.78, 5) is 0. The van der Waals surface area contributed by atoms with Gasteiger partial charge in [0.25, 0.3) is 0 Å². The van der Waals surface area contributed by atoms with Crippen LogP contribution in [0.2, 0.25) is 0 Å². The highest BCUT2D eigenvalue weighted by Crippen LogP contribution is 2.10. The van der Waals surface area contributed by atoms with E-state index in [1.165, 1.54) is 63.4 Å². The molecule has 1 aromatic carbocycles. The summed E-state index contributed by atoms with van der Waals surface area (Å²) in [7, 11) is 0. The van der Waals surface area contributed by atoms with E-state index in [-0.39, 0.29) is 18.2 Å². The van der Waals surface area contributed by atoms with E-state index in [1.54, 1.807) is 0 Å². The SMILES string of the molecule is CCCCCCCCCCc1ccccc1.[F-].[SH3+]. The first-order valence-corrected chi connectivity index (χ1v) is 6.97. The van der Waals surface area contributed by atoms with E-state index >= 15 is 0 Å². The molecule has 0 saturated heterocycles. The first-order valence-electron chi connectivity index (χ1n) is 6.97. The number of aryl methyl sites for hydroxylation is 1. The topological polar surface area (TPSA) is 0 Å². The molecule has 0 aliphatic carbocycles. The normalized spacial score (nSPS) is 9.39. The van der Waals surface area contributed by atoms with Crippen molar-refractivity contribution in [3.8, 4) is 0 Å². The van der Waals surface area contributed by atoms with Crippen molar-refractivity contribution in [3.63, 3.8) is 0 Å². The molecule has 0 aliphatic heterocycles. The molecule has 2 heteroatoms. The first-order chi connectivity index (χ1) is 7.93. The molecule has 18 heavy (non-hydrogen) atoms. The third kappa shape index (κ3) is 10.6. The fourth-order valence-electron chi connectivity index (χ4n) is 2.11. The third-order valence-electron chi connectivity index (χ3n) is 3.16. The van der Waals surface area contributed by atoms with Crippen LogP contribution < -0.4 is 4.70 Å². The second-order valence-corrected chi connectivity index (χ2v) is 4.71. The fourth-order valence-corrected chi connectivity index (χ4v) is 2.11. The summed E-state index contributed by atoms with van der Waals surface area (Å²) in [5.41, 5.74) is 1.49. The van der Waals surface area contributed by atoms with Crippen molar-refractivity contribution in [1.29, 1.82) is 0 Å². The van der Waals surface area contributed by atoms with Crippen LogP contribution in [0.4, 0.5) is 0 Å². The standard InChI is InChI=1S/C16H26.FH.H2S/c1-2-3-4-5-6-7-8-10-13-16-14-11-9-12-15-16;;/h9,11-12,14-15H,2-8,10,13H2,1H3;1H;1H2. The van der Waals surface area contributed by atoms with Gasteiger partial charge in [0.2, 0.25) is 0 Å². The molecule has 0 bridgehead atoms. The summed E-state index contributed by atoms with van der Waals surface area (Å²) in [6, 6.07) is 10.8. The zero-order chi connectivity index (χ0) is 11.5. The van der Waals surface area contributed by atoms with E-state index in [9.17, 15) is 0 Å². The number of benzene rings is 1. The molecule has 0 fully saturated rings. The maximum Gasteiger partial charge on any atom is -0.0279 e. The molecule has 1 aromatic rings. The van der Waals surface area contributed by atoms with Crippen LogP contribution in [0.25, 0.3) is 0 Å². The zero-order valence-corrected chi connectivity index (χ0v) is 12.9. The maximum absolute atomic E-state index is 2.28. The van der Waals surface area contributed by atoms with Gasteiger partial charge in [0.05, 0.1) is 0 Å². The Bertz CT molecular complexity index is 249. The van der Waals surface area contributed by atoms with Gasteiger partial charge in [-0.25, -0.2) is 0 Å². The number of rotatable bonds is 9. The van der Waals surface area contributed by atoms with Gasteiger partial charge < -0.3 is 4.70 Å². The van der Waals surface area contributed by atoms with Crippen LogP contribution in [0.1, 0.15) is 63.9 Å². The van der Waals surface area contributed by atoms with Crippen LogP contribution >= 0.6 is 0 Å². The highest BCUT2D eigenvalue weighted by Gasteiger charge is 1.93. The minimum Gasteiger partial charge on any atom is -1.00 e. The largest absolute Gasteiger partial charge is 1.00 e. The van der Waals surface area contributed by atoms with Crippen molar-refractivity contribution < 1.29 is 4.70 Å². The Labute approximate surface area is 119 Å². The van der Waals surface area contributed by atoms with E-state index in [2.05, 4.69) is 37.3 Å². The van der Waals surface area contributed by atoms with Crippen molar-refractivity contribution in [2.75, 3.05) is 0 Å². The summed E-state index contributed by atoms with van der Waals surface area (Å²) in [5, 5.41) is 0. The minimum atomic E-state index is 0. The Hall–Kier alpha value is -0.500. The van der Waals surface area contributed by atoms with Crippen molar-refractivity contribution in [3.05, 3.63) is 35.9 Å². The molecule has 0 amide bonds. The van der Waals surface area contributed by atoms with Gasteiger partial charge in [-0.1, -0.05) is 95.7 Å². The zero-order valence-electron chi connectivity index (χ0n) is 11.7. The number of hydrogen-bond donors (Lipinski definition) is 0. The average Bonchev–Trinajstić information content (AvgIpc) is 2.34. The molecule has 1 rings (SSSR count). The van der Waals surface area contributed by atoms with Crippen molar-refractivity contribution in [1.82, 2.24) is 0 Å². The minimum absolute atomic E-state index is 0. The van der Waals surface area contributed by atoms with Crippen LogP contribution in [-0.2, 0) is 19.9 Å². The van der Waals surface area contributed by atoms with Gasteiger partial charge in [0, 0.05) is 0 Å². The Kier molecular flexibility index (Phi) is 16.0. The van der Waals surface area contributed by atoms with Gasteiger partial charge in [-0.2, -0.15) is 0 Å². The Morgan fingerprint density at radius 2 is 1.22 bits per heavy atom. The lowest BCUT2D eigenvalue weighted by Gasteiger charge is -2.02. The lowest BCUT2D eigenvalue weighted by atomic mass is 10.0. The van der Waals surface area contributed by atoms with E-state index in [0.29, 0.717) is 0 Å². The molecule has 0 heterocycles. The molecule has 0 aromatic heterocycles. The fraction of sp³-hybridized carbons (Fsp3) is 0.625. The molecule has 106 valence electrons. The molecule has 0 saturated carbocycles.